The van der Waals surface area contributed by atoms with Crippen molar-refractivity contribution in [2.24, 2.45) is 0 Å². The number of rotatable bonds is 2. The maximum atomic E-state index is 9.32. The predicted molar refractivity (Wildman–Crippen MR) is 57.5 cm³/mol. The van der Waals surface area contributed by atoms with E-state index in [9.17, 15) is 5.11 Å². The number of aryl methyl sites for hydroxylation is 1. The Kier molecular flexibility index (Phi) is 3.59. The van der Waals surface area contributed by atoms with Gasteiger partial charge in [0, 0.05) is 4.47 Å². The molecule has 0 aliphatic carbocycles. The molecule has 0 aromatic heterocycles. The summed E-state index contributed by atoms with van der Waals surface area (Å²) in [6, 6.07) is 3.65. The number of phenols is 1. The van der Waals surface area contributed by atoms with Crippen molar-refractivity contribution in [3.63, 3.8) is 0 Å². The van der Waals surface area contributed by atoms with Gasteiger partial charge in [0.25, 0.3) is 0 Å². The summed E-state index contributed by atoms with van der Waals surface area (Å²) in [7, 11) is 0. The van der Waals surface area contributed by atoms with E-state index in [4.69, 9.17) is 0 Å². The third kappa shape index (κ3) is 2.02. The van der Waals surface area contributed by atoms with Crippen LogP contribution in [0.5, 0.6) is 5.75 Å². The molecule has 1 rings (SSSR count). The zero-order valence-electron chi connectivity index (χ0n) is 6.77. The fourth-order valence-electron chi connectivity index (χ4n) is 1.04. The van der Waals surface area contributed by atoms with Gasteiger partial charge in [0.05, 0.1) is 4.47 Å². The SMILES string of the molecule is CCCc1ccc(O)c(Br)c1Br. The molecule has 0 bridgehead atoms. The van der Waals surface area contributed by atoms with Gasteiger partial charge in [0.15, 0.2) is 0 Å². The van der Waals surface area contributed by atoms with Crippen LogP contribution >= 0.6 is 31.9 Å². The van der Waals surface area contributed by atoms with Gasteiger partial charge in [-0.05, 0) is 49.9 Å². The molecule has 66 valence electrons. The van der Waals surface area contributed by atoms with E-state index in [0.717, 1.165) is 21.8 Å². The topological polar surface area (TPSA) is 20.2 Å². The highest BCUT2D eigenvalue weighted by atomic mass is 79.9. The Morgan fingerprint density at radius 2 is 1.92 bits per heavy atom. The first-order chi connectivity index (χ1) is 5.66. The number of aromatic hydroxyl groups is 1. The van der Waals surface area contributed by atoms with Crippen LogP contribution < -0.4 is 0 Å². The van der Waals surface area contributed by atoms with Crippen molar-refractivity contribution in [2.45, 2.75) is 19.8 Å². The number of phenolic OH excluding ortho intramolecular Hbond substituents is 1. The fourth-order valence-corrected chi connectivity index (χ4v) is 1.96. The summed E-state index contributed by atoms with van der Waals surface area (Å²) in [5.41, 5.74) is 1.22. The Morgan fingerprint density at radius 1 is 1.25 bits per heavy atom. The van der Waals surface area contributed by atoms with Crippen molar-refractivity contribution in [1.82, 2.24) is 0 Å². The molecule has 0 saturated carbocycles. The molecule has 1 aromatic carbocycles. The Balaban J connectivity index is 3.08. The smallest absolute Gasteiger partial charge is 0.130 e. The van der Waals surface area contributed by atoms with E-state index in [1.54, 1.807) is 6.07 Å². The van der Waals surface area contributed by atoms with E-state index in [2.05, 4.69) is 38.8 Å². The van der Waals surface area contributed by atoms with E-state index in [1.165, 1.54) is 5.56 Å². The molecule has 0 amide bonds. The molecule has 12 heavy (non-hydrogen) atoms. The van der Waals surface area contributed by atoms with Crippen LogP contribution in [0.2, 0.25) is 0 Å². The van der Waals surface area contributed by atoms with Crippen molar-refractivity contribution in [2.75, 3.05) is 0 Å². The van der Waals surface area contributed by atoms with E-state index in [0.29, 0.717) is 0 Å². The lowest BCUT2D eigenvalue weighted by Gasteiger charge is -2.05. The molecular weight excluding hydrogens is 284 g/mol. The van der Waals surface area contributed by atoms with Crippen LogP contribution in [-0.2, 0) is 6.42 Å². The van der Waals surface area contributed by atoms with E-state index in [1.807, 2.05) is 6.07 Å². The normalized spacial score (nSPS) is 10.2. The summed E-state index contributed by atoms with van der Waals surface area (Å²) < 4.78 is 1.71. The van der Waals surface area contributed by atoms with Crippen LogP contribution in [0.25, 0.3) is 0 Å². The molecule has 1 N–H and O–H groups in total. The average Bonchev–Trinajstić information content (AvgIpc) is 2.07. The van der Waals surface area contributed by atoms with Crippen LogP contribution in [0.4, 0.5) is 0 Å². The second kappa shape index (κ2) is 4.28. The highest BCUT2D eigenvalue weighted by Gasteiger charge is 2.06. The molecular formula is C9H10Br2O. The van der Waals surface area contributed by atoms with Gasteiger partial charge in [-0.15, -0.1) is 0 Å². The van der Waals surface area contributed by atoms with Crippen molar-refractivity contribution in [3.8, 4) is 5.75 Å². The molecule has 0 spiro atoms. The van der Waals surface area contributed by atoms with Gasteiger partial charge in [-0.1, -0.05) is 19.4 Å². The lowest BCUT2D eigenvalue weighted by Crippen LogP contribution is -1.85. The number of benzene rings is 1. The second-order valence-electron chi connectivity index (χ2n) is 2.62. The zero-order chi connectivity index (χ0) is 9.14. The number of hydrogen-bond donors (Lipinski definition) is 1. The van der Waals surface area contributed by atoms with Gasteiger partial charge in [-0.3, -0.25) is 0 Å². The fraction of sp³-hybridized carbons (Fsp3) is 0.333. The van der Waals surface area contributed by atoms with Gasteiger partial charge < -0.3 is 5.11 Å². The maximum absolute atomic E-state index is 9.32. The van der Waals surface area contributed by atoms with Crippen LogP contribution in [0.1, 0.15) is 18.9 Å². The Morgan fingerprint density at radius 3 is 2.50 bits per heavy atom. The molecule has 1 nitrogen and oxygen atoms in total. The first-order valence-electron chi connectivity index (χ1n) is 3.82. The van der Waals surface area contributed by atoms with Crippen LogP contribution in [-0.4, -0.2) is 5.11 Å². The molecule has 0 fully saturated rings. The standard InChI is InChI=1S/C9H10Br2O/c1-2-3-6-4-5-7(12)9(11)8(6)10/h4-5,12H,2-3H2,1H3. The Labute approximate surface area is 89.1 Å². The van der Waals surface area contributed by atoms with Crippen molar-refractivity contribution >= 4 is 31.9 Å². The van der Waals surface area contributed by atoms with E-state index >= 15 is 0 Å². The Bertz CT molecular complexity index is 284. The summed E-state index contributed by atoms with van der Waals surface area (Å²) in [6.45, 7) is 2.13. The quantitative estimate of drug-likeness (QED) is 0.878. The van der Waals surface area contributed by atoms with Crippen LogP contribution in [0.15, 0.2) is 21.1 Å². The van der Waals surface area contributed by atoms with Crippen LogP contribution in [0.3, 0.4) is 0 Å². The molecule has 0 aliphatic heterocycles. The summed E-state index contributed by atoms with van der Waals surface area (Å²) in [5, 5.41) is 9.32. The van der Waals surface area contributed by atoms with Crippen molar-refractivity contribution in [1.29, 1.82) is 0 Å². The summed E-state index contributed by atoms with van der Waals surface area (Å²) >= 11 is 6.73. The number of hydrogen-bond acceptors (Lipinski definition) is 1. The van der Waals surface area contributed by atoms with Gasteiger partial charge in [-0.25, -0.2) is 0 Å². The predicted octanol–water partition coefficient (Wildman–Crippen LogP) is 3.87. The van der Waals surface area contributed by atoms with E-state index in [-0.39, 0.29) is 5.75 Å². The average molecular weight is 294 g/mol. The van der Waals surface area contributed by atoms with Gasteiger partial charge >= 0.3 is 0 Å². The summed E-state index contributed by atoms with van der Waals surface area (Å²) in [5.74, 6) is 0.279. The minimum absolute atomic E-state index is 0.279. The number of halogens is 2. The molecule has 0 heterocycles. The van der Waals surface area contributed by atoms with Gasteiger partial charge in [-0.2, -0.15) is 0 Å². The monoisotopic (exact) mass is 292 g/mol. The second-order valence-corrected chi connectivity index (χ2v) is 4.21. The van der Waals surface area contributed by atoms with Crippen molar-refractivity contribution < 1.29 is 5.11 Å². The third-order valence-corrected chi connectivity index (χ3v) is 3.90. The first kappa shape index (κ1) is 10.1. The summed E-state index contributed by atoms with van der Waals surface area (Å²) in [6.07, 6.45) is 2.13. The first-order valence-corrected chi connectivity index (χ1v) is 5.41. The van der Waals surface area contributed by atoms with Gasteiger partial charge in [0.2, 0.25) is 0 Å². The molecule has 0 unspecified atom stereocenters. The van der Waals surface area contributed by atoms with Crippen molar-refractivity contribution in [3.05, 3.63) is 26.6 Å². The van der Waals surface area contributed by atoms with E-state index < -0.39 is 0 Å². The Hall–Kier alpha value is -0.0200. The molecule has 0 radical (unpaired) electrons. The molecule has 0 saturated heterocycles. The minimum Gasteiger partial charge on any atom is -0.507 e. The largest absolute Gasteiger partial charge is 0.507 e. The molecule has 3 heteroatoms. The molecule has 1 aromatic rings. The maximum Gasteiger partial charge on any atom is 0.130 e. The minimum atomic E-state index is 0.279. The molecule has 0 atom stereocenters. The lowest BCUT2D eigenvalue weighted by atomic mass is 10.1. The highest BCUT2D eigenvalue weighted by molar-refractivity contribution is 9.13. The highest BCUT2D eigenvalue weighted by Crippen LogP contribution is 2.34. The van der Waals surface area contributed by atoms with Gasteiger partial charge in [0.1, 0.15) is 5.75 Å². The van der Waals surface area contributed by atoms with Crippen LogP contribution in [0, 0.1) is 0 Å². The third-order valence-electron chi connectivity index (χ3n) is 1.66. The molecule has 0 aliphatic rings. The summed E-state index contributed by atoms with van der Waals surface area (Å²) in [4.78, 5) is 0. The zero-order valence-corrected chi connectivity index (χ0v) is 9.94. The lowest BCUT2D eigenvalue weighted by molar-refractivity contribution is 0.471.